The number of aryl methyl sites for hydroxylation is 1. The Balaban J connectivity index is 0.000000377. The van der Waals surface area contributed by atoms with E-state index < -0.39 is 11.9 Å². The van der Waals surface area contributed by atoms with Gasteiger partial charge in [0.2, 0.25) is 0 Å². The lowest BCUT2D eigenvalue weighted by Crippen LogP contribution is -2.45. The van der Waals surface area contributed by atoms with Crippen molar-refractivity contribution < 1.29 is 19.8 Å². The fourth-order valence-corrected chi connectivity index (χ4v) is 3.56. The number of carboxylic acid groups (broad SMARTS) is 2. The predicted molar refractivity (Wildman–Crippen MR) is 115 cm³/mol. The first-order chi connectivity index (χ1) is 14.4. The van der Waals surface area contributed by atoms with Crippen LogP contribution in [0.5, 0.6) is 0 Å². The number of aromatic amines is 1. The monoisotopic (exact) mass is 409 g/mol. The molecule has 1 aromatic heterocycles. The maximum atomic E-state index is 9.10. The molecule has 0 amide bonds. The van der Waals surface area contributed by atoms with E-state index in [1.165, 1.54) is 27.6 Å². The number of hydrogen-bond donors (Lipinski definition) is 3. The molecule has 0 saturated carbocycles. The third-order valence-electron chi connectivity index (χ3n) is 5.24. The van der Waals surface area contributed by atoms with Crippen molar-refractivity contribution in [3.8, 4) is 0 Å². The second-order valence-electron chi connectivity index (χ2n) is 7.51. The van der Waals surface area contributed by atoms with E-state index in [4.69, 9.17) is 19.8 Å². The van der Waals surface area contributed by atoms with Crippen LogP contribution in [-0.4, -0.2) is 63.1 Å². The number of benzene rings is 2. The molecule has 0 atom stereocenters. The van der Waals surface area contributed by atoms with Gasteiger partial charge in [0, 0.05) is 56.4 Å². The molecule has 4 rings (SSSR count). The highest BCUT2D eigenvalue weighted by Gasteiger charge is 2.18. The van der Waals surface area contributed by atoms with Crippen LogP contribution in [0.4, 0.5) is 0 Å². The fraction of sp³-hybridized carbons (Fsp3) is 0.304. The minimum Gasteiger partial charge on any atom is -0.473 e. The lowest BCUT2D eigenvalue weighted by Gasteiger charge is -2.34. The van der Waals surface area contributed by atoms with Crippen molar-refractivity contribution in [1.82, 2.24) is 14.8 Å². The van der Waals surface area contributed by atoms with Gasteiger partial charge < -0.3 is 15.2 Å². The van der Waals surface area contributed by atoms with E-state index in [9.17, 15) is 0 Å². The Hall–Kier alpha value is -3.16. The van der Waals surface area contributed by atoms with Crippen LogP contribution >= 0.6 is 0 Å². The zero-order chi connectivity index (χ0) is 21.5. The van der Waals surface area contributed by atoms with Crippen molar-refractivity contribution in [2.45, 2.75) is 20.0 Å². The minimum atomic E-state index is -1.82. The van der Waals surface area contributed by atoms with Crippen LogP contribution in [0, 0.1) is 6.92 Å². The Morgan fingerprint density at radius 1 is 0.867 bits per heavy atom. The quantitative estimate of drug-likeness (QED) is 0.574. The lowest BCUT2D eigenvalue weighted by atomic mass is 10.1. The molecular formula is C23H27N3O4. The zero-order valence-electron chi connectivity index (χ0n) is 17.0. The number of piperazine rings is 1. The number of para-hydroxylation sites is 1. The summed E-state index contributed by atoms with van der Waals surface area (Å²) in [5.41, 5.74) is 5.41. The first kappa shape index (κ1) is 21.5. The van der Waals surface area contributed by atoms with Crippen molar-refractivity contribution in [1.29, 1.82) is 0 Å². The maximum absolute atomic E-state index is 9.10. The standard InChI is InChI=1S/C21H25N3.C2H2O4/c1-17-6-8-18(9-7-17)15-23-10-12-24(13-11-23)16-19-14-22-21-5-3-2-4-20(19)21;3-1(4)2(5)6/h2-9,14,22H,10-13,15-16H2,1H3;(H,3,4)(H,5,6). The van der Waals surface area contributed by atoms with Gasteiger partial charge in [-0.25, -0.2) is 9.59 Å². The van der Waals surface area contributed by atoms with Crippen LogP contribution in [-0.2, 0) is 22.7 Å². The molecular weight excluding hydrogens is 382 g/mol. The van der Waals surface area contributed by atoms with Crippen LogP contribution in [0.2, 0.25) is 0 Å². The second kappa shape index (κ2) is 10.0. The molecule has 2 aromatic carbocycles. The number of rotatable bonds is 4. The molecule has 158 valence electrons. The first-order valence-electron chi connectivity index (χ1n) is 9.94. The van der Waals surface area contributed by atoms with E-state index in [2.05, 4.69) is 76.4 Å². The Labute approximate surface area is 175 Å². The van der Waals surface area contributed by atoms with Crippen molar-refractivity contribution in [3.63, 3.8) is 0 Å². The van der Waals surface area contributed by atoms with Crippen molar-refractivity contribution in [2.75, 3.05) is 26.2 Å². The van der Waals surface area contributed by atoms with E-state index in [0.717, 1.165) is 39.3 Å². The summed E-state index contributed by atoms with van der Waals surface area (Å²) < 4.78 is 0. The van der Waals surface area contributed by atoms with Gasteiger partial charge in [-0.15, -0.1) is 0 Å². The third kappa shape index (κ3) is 5.92. The number of hydrogen-bond acceptors (Lipinski definition) is 4. The summed E-state index contributed by atoms with van der Waals surface area (Å²) in [7, 11) is 0. The topological polar surface area (TPSA) is 96.9 Å². The molecule has 0 unspecified atom stereocenters. The predicted octanol–water partition coefficient (Wildman–Crippen LogP) is 2.95. The highest BCUT2D eigenvalue weighted by molar-refractivity contribution is 6.27. The Morgan fingerprint density at radius 3 is 2.03 bits per heavy atom. The van der Waals surface area contributed by atoms with Crippen molar-refractivity contribution in [2.24, 2.45) is 0 Å². The van der Waals surface area contributed by atoms with Crippen molar-refractivity contribution >= 4 is 22.8 Å². The second-order valence-corrected chi connectivity index (χ2v) is 7.51. The summed E-state index contributed by atoms with van der Waals surface area (Å²) in [4.78, 5) is 26.7. The van der Waals surface area contributed by atoms with E-state index in [1.807, 2.05) is 0 Å². The number of H-pyrrole nitrogens is 1. The van der Waals surface area contributed by atoms with Crippen LogP contribution in [0.25, 0.3) is 10.9 Å². The van der Waals surface area contributed by atoms with Gasteiger partial charge in [-0.2, -0.15) is 0 Å². The van der Waals surface area contributed by atoms with E-state index >= 15 is 0 Å². The summed E-state index contributed by atoms with van der Waals surface area (Å²) in [6, 6.07) is 17.5. The largest absolute Gasteiger partial charge is 0.473 e. The van der Waals surface area contributed by atoms with Gasteiger partial charge in [-0.05, 0) is 24.1 Å². The molecule has 30 heavy (non-hydrogen) atoms. The van der Waals surface area contributed by atoms with Gasteiger partial charge in [0.05, 0.1) is 0 Å². The molecule has 1 aliphatic rings. The highest BCUT2D eigenvalue weighted by Crippen LogP contribution is 2.20. The van der Waals surface area contributed by atoms with Crippen LogP contribution in [0.15, 0.2) is 54.7 Å². The van der Waals surface area contributed by atoms with Crippen molar-refractivity contribution in [3.05, 3.63) is 71.4 Å². The van der Waals surface area contributed by atoms with Crippen LogP contribution in [0.3, 0.4) is 0 Å². The van der Waals surface area contributed by atoms with Gasteiger partial charge in [-0.1, -0.05) is 48.0 Å². The molecule has 2 heterocycles. The van der Waals surface area contributed by atoms with Gasteiger partial charge >= 0.3 is 11.9 Å². The average molecular weight is 409 g/mol. The van der Waals surface area contributed by atoms with Gasteiger partial charge in [0.25, 0.3) is 0 Å². The molecule has 3 aromatic rings. The maximum Gasteiger partial charge on any atom is 0.414 e. The van der Waals surface area contributed by atoms with Gasteiger partial charge in [-0.3, -0.25) is 9.80 Å². The van der Waals surface area contributed by atoms with Gasteiger partial charge in [0.1, 0.15) is 0 Å². The zero-order valence-corrected chi connectivity index (χ0v) is 17.0. The molecule has 0 spiro atoms. The number of carboxylic acids is 2. The van der Waals surface area contributed by atoms with Crippen LogP contribution < -0.4 is 0 Å². The summed E-state index contributed by atoms with van der Waals surface area (Å²) in [5.74, 6) is -3.65. The Kier molecular flexibility index (Phi) is 7.21. The van der Waals surface area contributed by atoms with E-state index in [1.54, 1.807) is 0 Å². The molecule has 7 heteroatoms. The first-order valence-corrected chi connectivity index (χ1v) is 9.94. The van der Waals surface area contributed by atoms with E-state index in [-0.39, 0.29) is 0 Å². The molecule has 3 N–H and O–H groups in total. The van der Waals surface area contributed by atoms with Crippen LogP contribution in [0.1, 0.15) is 16.7 Å². The smallest absolute Gasteiger partial charge is 0.414 e. The van der Waals surface area contributed by atoms with Gasteiger partial charge in [0.15, 0.2) is 0 Å². The molecule has 1 aliphatic heterocycles. The van der Waals surface area contributed by atoms with E-state index in [0.29, 0.717) is 0 Å². The molecule has 0 bridgehead atoms. The Morgan fingerprint density at radius 2 is 1.43 bits per heavy atom. The molecule has 0 radical (unpaired) electrons. The lowest BCUT2D eigenvalue weighted by molar-refractivity contribution is -0.159. The minimum absolute atomic E-state index is 1.04. The fourth-order valence-electron chi connectivity index (χ4n) is 3.56. The SMILES string of the molecule is Cc1ccc(CN2CCN(Cc3c[nH]c4ccccc34)CC2)cc1.O=C(O)C(=O)O. The summed E-state index contributed by atoms with van der Waals surface area (Å²) in [6.07, 6.45) is 2.17. The highest BCUT2D eigenvalue weighted by atomic mass is 16.4. The average Bonchev–Trinajstić information content (AvgIpc) is 3.14. The molecule has 1 fully saturated rings. The number of fused-ring (bicyclic) bond motifs is 1. The summed E-state index contributed by atoms with van der Waals surface area (Å²) >= 11 is 0. The normalized spacial score (nSPS) is 14.8. The summed E-state index contributed by atoms with van der Waals surface area (Å²) in [6.45, 7) is 8.85. The number of nitrogens with one attached hydrogen (secondary N) is 1. The number of aromatic nitrogens is 1. The number of nitrogens with zero attached hydrogens (tertiary/aromatic N) is 2. The molecule has 1 saturated heterocycles. The molecule has 7 nitrogen and oxygen atoms in total. The molecule has 0 aliphatic carbocycles. The number of aliphatic carboxylic acids is 2. The Bertz CT molecular complexity index is 977. The summed E-state index contributed by atoms with van der Waals surface area (Å²) in [5, 5.41) is 16.1. The third-order valence-corrected chi connectivity index (χ3v) is 5.24. The number of carbonyl (C=O) groups is 2.